The number of nitrogen functional groups attached to an aromatic ring is 1. The second-order valence-corrected chi connectivity index (χ2v) is 4.74. The van der Waals surface area contributed by atoms with Crippen molar-refractivity contribution in [3.63, 3.8) is 0 Å². The summed E-state index contributed by atoms with van der Waals surface area (Å²) in [5, 5.41) is 0. The fourth-order valence-electron chi connectivity index (χ4n) is 2.46. The van der Waals surface area contributed by atoms with Crippen molar-refractivity contribution in [1.29, 1.82) is 0 Å². The van der Waals surface area contributed by atoms with Gasteiger partial charge in [0.05, 0.1) is 0 Å². The molecule has 0 unspecified atom stereocenters. The summed E-state index contributed by atoms with van der Waals surface area (Å²) in [5.74, 6) is 1.97. The van der Waals surface area contributed by atoms with Gasteiger partial charge < -0.3 is 10.6 Å². The summed E-state index contributed by atoms with van der Waals surface area (Å²) in [4.78, 5) is 10.5. The van der Waals surface area contributed by atoms with Gasteiger partial charge in [0.2, 0.25) is 5.95 Å². The van der Waals surface area contributed by atoms with Gasteiger partial charge in [0.1, 0.15) is 5.82 Å². The zero-order valence-corrected chi connectivity index (χ0v) is 10.1. The lowest BCUT2D eigenvalue weighted by Gasteiger charge is -2.25. The van der Waals surface area contributed by atoms with Crippen molar-refractivity contribution in [1.82, 2.24) is 9.97 Å². The highest BCUT2D eigenvalue weighted by Gasteiger charge is 2.20. The quantitative estimate of drug-likeness (QED) is 0.830. The van der Waals surface area contributed by atoms with E-state index in [0.29, 0.717) is 11.9 Å². The van der Waals surface area contributed by atoms with Gasteiger partial charge in [0.25, 0.3) is 0 Å². The van der Waals surface area contributed by atoms with E-state index in [1.165, 1.54) is 37.7 Å². The molecule has 0 radical (unpaired) electrons. The minimum absolute atomic E-state index is 0.364. The van der Waals surface area contributed by atoms with Crippen LogP contribution in [0.25, 0.3) is 0 Å². The average molecular weight is 220 g/mol. The van der Waals surface area contributed by atoms with Crippen LogP contribution in [0.5, 0.6) is 0 Å². The van der Waals surface area contributed by atoms with Gasteiger partial charge in [-0.05, 0) is 18.8 Å². The predicted molar refractivity (Wildman–Crippen MR) is 66.6 cm³/mol. The van der Waals surface area contributed by atoms with Crippen molar-refractivity contribution in [3.8, 4) is 0 Å². The maximum Gasteiger partial charge on any atom is 0.221 e. The van der Waals surface area contributed by atoms with Crippen molar-refractivity contribution in [2.75, 3.05) is 24.7 Å². The molecule has 0 aromatic carbocycles. The van der Waals surface area contributed by atoms with E-state index in [2.05, 4.69) is 9.97 Å². The normalized spacial score (nSPS) is 17.4. The van der Waals surface area contributed by atoms with Gasteiger partial charge in [-0.25, -0.2) is 4.98 Å². The van der Waals surface area contributed by atoms with Gasteiger partial charge in [0.15, 0.2) is 0 Å². The third kappa shape index (κ3) is 2.26. The third-order valence-electron chi connectivity index (χ3n) is 3.28. The van der Waals surface area contributed by atoms with E-state index in [-0.39, 0.29) is 0 Å². The number of rotatable bonds is 2. The van der Waals surface area contributed by atoms with Crippen LogP contribution in [-0.2, 0) is 0 Å². The molecule has 0 spiro atoms. The molecule has 0 bridgehead atoms. The summed E-state index contributed by atoms with van der Waals surface area (Å²) in [6.45, 7) is 0. The van der Waals surface area contributed by atoms with E-state index in [1.807, 2.05) is 25.2 Å². The van der Waals surface area contributed by atoms with Crippen LogP contribution >= 0.6 is 0 Å². The van der Waals surface area contributed by atoms with E-state index in [9.17, 15) is 0 Å². The van der Waals surface area contributed by atoms with Gasteiger partial charge in [-0.1, -0.05) is 19.3 Å². The summed E-state index contributed by atoms with van der Waals surface area (Å²) in [6.07, 6.45) is 8.43. The van der Waals surface area contributed by atoms with Crippen molar-refractivity contribution in [3.05, 3.63) is 11.8 Å². The maximum absolute atomic E-state index is 5.65. The molecule has 4 nitrogen and oxygen atoms in total. The molecule has 0 amide bonds. The molecule has 2 N–H and O–H groups in total. The Morgan fingerprint density at radius 3 is 2.56 bits per heavy atom. The molecule has 16 heavy (non-hydrogen) atoms. The number of aromatic nitrogens is 2. The van der Waals surface area contributed by atoms with E-state index in [1.54, 1.807) is 0 Å². The van der Waals surface area contributed by atoms with E-state index in [0.717, 1.165) is 5.82 Å². The van der Waals surface area contributed by atoms with Crippen LogP contribution in [0, 0.1) is 0 Å². The second-order valence-electron chi connectivity index (χ2n) is 4.74. The van der Waals surface area contributed by atoms with Crippen LogP contribution in [0.15, 0.2) is 6.20 Å². The minimum atomic E-state index is 0.364. The molecule has 0 atom stereocenters. The number of hydrogen-bond acceptors (Lipinski definition) is 4. The van der Waals surface area contributed by atoms with Gasteiger partial charge in [-0.15, -0.1) is 0 Å². The molecule has 1 aliphatic rings. The zero-order chi connectivity index (χ0) is 11.5. The molecule has 1 aliphatic carbocycles. The lowest BCUT2D eigenvalue weighted by Crippen LogP contribution is -2.17. The minimum Gasteiger partial charge on any atom is -0.368 e. The molecule has 1 saturated carbocycles. The van der Waals surface area contributed by atoms with E-state index < -0.39 is 0 Å². The Kier molecular flexibility index (Phi) is 3.27. The van der Waals surface area contributed by atoms with Gasteiger partial charge >= 0.3 is 0 Å². The molecule has 0 saturated heterocycles. The fourth-order valence-corrected chi connectivity index (χ4v) is 2.46. The summed E-state index contributed by atoms with van der Waals surface area (Å²) >= 11 is 0. The first-order chi connectivity index (χ1) is 7.68. The summed E-state index contributed by atoms with van der Waals surface area (Å²) < 4.78 is 0. The molecule has 1 aromatic heterocycles. The number of nitrogens with zero attached hydrogens (tertiary/aromatic N) is 3. The zero-order valence-electron chi connectivity index (χ0n) is 10.1. The van der Waals surface area contributed by atoms with Crippen LogP contribution in [0.3, 0.4) is 0 Å². The number of nitrogens with two attached hydrogens (primary N) is 1. The molecule has 1 heterocycles. The smallest absolute Gasteiger partial charge is 0.221 e. The van der Waals surface area contributed by atoms with Gasteiger partial charge in [0, 0.05) is 25.9 Å². The van der Waals surface area contributed by atoms with Crippen molar-refractivity contribution in [2.24, 2.45) is 0 Å². The largest absolute Gasteiger partial charge is 0.368 e. The monoisotopic (exact) mass is 220 g/mol. The maximum atomic E-state index is 5.65. The molecule has 1 fully saturated rings. The number of hydrogen-bond donors (Lipinski definition) is 1. The SMILES string of the molecule is CN(C)c1nc(N)ncc1C1CCCCC1. The van der Waals surface area contributed by atoms with Crippen LogP contribution in [-0.4, -0.2) is 24.1 Å². The highest BCUT2D eigenvalue weighted by atomic mass is 15.2. The Hall–Kier alpha value is -1.32. The van der Waals surface area contributed by atoms with Crippen LogP contribution in [0.2, 0.25) is 0 Å². The highest BCUT2D eigenvalue weighted by molar-refractivity contribution is 5.49. The van der Waals surface area contributed by atoms with Crippen molar-refractivity contribution < 1.29 is 0 Å². The molecule has 88 valence electrons. The average Bonchev–Trinajstić information content (AvgIpc) is 2.30. The summed E-state index contributed by atoms with van der Waals surface area (Å²) in [6, 6.07) is 0. The van der Waals surface area contributed by atoms with Gasteiger partial charge in [-0.2, -0.15) is 4.98 Å². The molecule has 2 rings (SSSR count). The molecular formula is C12H20N4. The van der Waals surface area contributed by atoms with Crippen LogP contribution < -0.4 is 10.6 Å². The Bertz CT molecular complexity index is 356. The summed E-state index contributed by atoms with van der Waals surface area (Å²) in [5.41, 5.74) is 6.91. The topological polar surface area (TPSA) is 55.0 Å². The Morgan fingerprint density at radius 2 is 1.94 bits per heavy atom. The second kappa shape index (κ2) is 4.68. The lowest BCUT2D eigenvalue weighted by atomic mass is 9.85. The van der Waals surface area contributed by atoms with Crippen LogP contribution in [0.4, 0.5) is 11.8 Å². The molecule has 0 aliphatic heterocycles. The molecular weight excluding hydrogens is 200 g/mol. The van der Waals surface area contributed by atoms with E-state index >= 15 is 0 Å². The highest BCUT2D eigenvalue weighted by Crippen LogP contribution is 2.36. The Balaban J connectivity index is 2.31. The van der Waals surface area contributed by atoms with Crippen molar-refractivity contribution >= 4 is 11.8 Å². The molecule has 4 heteroatoms. The Morgan fingerprint density at radius 1 is 1.25 bits per heavy atom. The summed E-state index contributed by atoms with van der Waals surface area (Å²) in [7, 11) is 4.02. The van der Waals surface area contributed by atoms with Crippen molar-refractivity contribution in [2.45, 2.75) is 38.0 Å². The Labute approximate surface area is 96.9 Å². The third-order valence-corrected chi connectivity index (χ3v) is 3.28. The first-order valence-corrected chi connectivity index (χ1v) is 5.98. The van der Waals surface area contributed by atoms with Crippen LogP contribution in [0.1, 0.15) is 43.6 Å². The lowest BCUT2D eigenvalue weighted by molar-refractivity contribution is 0.442. The first kappa shape index (κ1) is 11.2. The fraction of sp³-hybridized carbons (Fsp3) is 0.667. The van der Waals surface area contributed by atoms with E-state index in [4.69, 9.17) is 5.73 Å². The first-order valence-electron chi connectivity index (χ1n) is 5.98. The van der Waals surface area contributed by atoms with Gasteiger partial charge in [-0.3, -0.25) is 0 Å². The molecule has 1 aromatic rings. The predicted octanol–water partition coefficient (Wildman–Crippen LogP) is 2.17. The standard InChI is InChI=1S/C12H20N4/c1-16(2)11-10(8-14-12(13)15-11)9-6-4-3-5-7-9/h8-9H,3-7H2,1-2H3,(H2,13,14,15). The number of anilines is 2.